The third-order valence-corrected chi connectivity index (χ3v) is 5.73. The molecule has 0 spiro atoms. The molecule has 1 saturated heterocycles. The predicted octanol–water partition coefficient (Wildman–Crippen LogP) is 4.14. The third-order valence-electron chi connectivity index (χ3n) is 5.45. The van der Waals surface area contributed by atoms with E-state index >= 15 is 0 Å². The van der Waals surface area contributed by atoms with Crippen molar-refractivity contribution in [3.05, 3.63) is 76.7 Å². The summed E-state index contributed by atoms with van der Waals surface area (Å²) in [6.45, 7) is 4.30. The van der Waals surface area contributed by atoms with Crippen LogP contribution in [-0.2, 0) is 24.9 Å². The first-order chi connectivity index (χ1) is 15.9. The number of carbonyl (C=O) groups excluding carboxylic acids is 1. The fourth-order valence-electron chi connectivity index (χ4n) is 3.71. The van der Waals surface area contributed by atoms with E-state index in [0.717, 1.165) is 34.7 Å². The smallest absolute Gasteiger partial charge is 0.281 e. The number of nitrogens with zero attached hydrogens (tertiary/aromatic N) is 3. The van der Waals surface area contributed by atoms with Crippen LogP contribution < -0.4 is 19.7 Å². The molecule has 7 nitrogen and oxygen atoms in total. The highest BCUT2D eigenvalue weighted by molar-refractivity contribution is 7.80. The van der Waals surface area contributed by atoms with Gasteiger partial charge < -0.3 is 14.8 Å². The van der Waals surface area contributed by atoms with E-state index in [-0.39, 0.29) is 5.91 Å². The Kier molecular flexibility index (Phi) is 6.46. The van der Waals surface area contributed by atoms with Crippen LogP contribution in [0.2, 0.25) is 0 Å². The number of nitrogens with one attached hydrogen (secondary N) is 1. The van der Waals surface area contributed by atoms with E-state index in [2.05, 4.69) is 29.5 Å². The zero-order chi connectivity index (χ0) is 23.5. The Hall–Kier alpha value is -3.65. The second-order valence-corrected chi connectivity index (χ2v) is 8.15. The molecule has 3 aromatic rings. The summed E-state index contributed by atoms with van der Waals surface area (Å²) in [7, 11) is 3.44. The van der Waals surface area contributed by atoms with E-state index in [0.29, 0.717) is 23.1 Å². The zero-order valence-electron chi connectivity index (χ0n) is 19.1. The minimum atomic E-state index is -0.222. The number of anilines is 1. The van der Waals surface area contributed by atoms with Crippen molar-refractivity contribution < 1.29 is 14.3 Å². The van der Waals surface area contributed by atoms with Crippen molar-refractivity contribution in [2.24, 2.45) is 7.05 Å². The third kappa shape index (κ3) is 4.75. The lowest BCUT2D eigenvalue weighted by Gasteiger charge is -2.12. The van der Waals surface area contributed by atoms with Crippen LogP contribution in [0.5, 0.6) is 11.5 Å². The van der Waals surface area contributed by atoms with Crippen LogP contribution in [0.15, 0.2) is 54.4 Å². The first-order valence-corrected chi connectivity index (χ1v) is 11.1. The summed E-state index contributed by atoms with van der Waals surface area (Å²) in [6, 6.07) is 13.8. The average Bonchev–Trinajstić information content (AvgIpc) is 3.28. The Morgan fingerprint density at radius 2 is 1.94 bits per heavy atom. The number of ether oxygens (including phenoxy) is 2. The van der Waals surface area contributed by atoms with E-state index in [1.165, 1.54) is 10.5 Å². The fourth-order valence-corrected chi connectivity index (χ4v) is 4.00. The quantitative estimate of drug-likeness (QED) is 0.420. The van der Waals surface area contributed by atoms with Crippen molar-refractivity contribution in [2.45, 2.75) is 26.9 Å². The lowest BCUT2D eigenvalue weighted by molar-refractivity contribution is -0.113. The maximum atomic E-state index is 13.1. The van der Waals surface area contributed by atoms with Gasteiger partial charge in [0.1, 0.15) is 23.8 Å². The van der Waals surface area contributed by atoms with E-state index in [9.17, 15) is 4.79 Å². The second kappa shape index (κ2) is 9.46. The van der Waals surface area contributed by atoms with Gasteiger partial charge in [-0.3, -0.25) is 9.48 Å². The number of hydrogen-bond acceptors (Lipinski definition) is 5. The van der Waals surface area contributed by atoms with Gasteiger partial charge in [-0.05, 0) is 67.0 Å². The number of carbonyl (C=O) groups is 1. The first-order valence-electron chi connectivity index (χ1n) is 10.7. The standard InChI is InChI=1S/C25H26N4O3S/c1-5-17-6-9-20(10-7-17)32-15-19-12-18(8-11-23(19)31-4)13-21-24(30)29(25(33)26-21)22-14-28(3)27-16(22)2/h6-14H,5,15H2,1-4H3,(H,26,33)/b21-13+. The highest BCUT2D eigenvalue weighted by Crippen LogP contribution is 2.27. The lowest BCUT2D eigenvalue weighted by Crippen LogP contribution is -2.30. The zero-order valence-corrected chi connectivity index (χ0v) is 19.9. The molecule has 1 aromatic heterocycles. The van der Waals surface area contributed by atoms with Crippen molar-refractivity contribution >= 4 is 35.0 Å². The van der Waals surface area contributed by atoms with Gasteiger partial charge in [-0.15, -0.1) is 0 Å². The van der Waals surface area contributed by atoms with Crippen LogP contribution >= 0.6 is 12.2 Å². The Bertz CT molecular complexity index is 1230. The fraction of sp³-hybridized carbons (Fsp3) is 0.240. The van der Waals surface area contributed by atoms with Crippen LogP contribution in [0.4, 0.5) is 5.69 Å². The summed E-state index contributed by atoms with van der Waals surface area (Å²) in [6.07, 6.45) is 4.54. The molecule has 4 rings (SSSR count). The highest BCUT2D eigenvalue weighted by atomic mass is 32.1. The molecule has 0 bridgehead atoms. The van der Waals surface area contributed by atoms with Gasteiger partial charge in [0.25, 0.3) is 5.91 Å². The van der Waals surface area contributed by atoms with Crippen LogP contribution in [0.3, 0.4) is 0 Å². The summed E-state index contributed by atoms with van der Waals surface area (Å²) in [5, 5.41) is 7.66. The van der Waals surface area contributed by atoms with Crippen LogP contribution in [-0.4, -0.2) is 27.9 Å². The summed E-state index contributed by atoms with van der Waals surface area (Å²) in [4.78, 5) is 14.5. The van der Waals surface area contributed by atoms with Gasteiger partial charge in [-0.1, -0.05) is 25.1 Å². The van der Waals surface area contributed by atoms with Gasteiger partial charge in [0.15, 0.2) is 5.11 Å². The molecule has 1 fully saturated rings. The van der Waals surface area contributed by atoms with Gasteiger partial charge in [0.2, 0.25) is 0 Å². The molecule has 0 atom stereocenters. The van der Waals surface area contributed by atoms with Crippen LogP contribution in [0.1, 0.15) is 29.3 Å². The number of aromatic nitrogens is 2. The maximum absolute atomic E-state index is 13.1. The summed E-state index contributed by atoms with van der Waals surface area (Å²) >= 11 is 5.42. The molecule has 8 heteroatoms. The van der Waals surface area contributed by atoms with Gasteiger partial charge in [0.05, 0.1) is 18.5 Å². The summed E-state index contributed by atoms with van der Waals surface area (Å²) in [5.74, 6) is 1.29. The topological polar surface area (TPSA) is 68.6 Å². The van der Waals surface area contributed by atoms with Gasteiger partial charge in [-0.25, -0.2) is 4.90 Å². The average molecular weight is 463 g/mol. The molecule has 1 aliphatic heterocycles. The predicted molar refractivity (Wildman–Crippen MR) is 132 cm³/mol. The molecule has 1 amide bonds. The molecule has 0 unspecified atom stereocenters. The molecule has 170 valence electrons. The Balaban J connectivity index is 1.55. The van der Waals surface area contributed by atoms with Crippen molar-refractivity contribution in [2.75, 3.05) is 12.0 Å². The molecule has 0 aliphatic carbocycles. The Labute approximate surface area is 198 Å². The van der Waals surface area contributed by atoms with E-state index in [4.69, 9.17) is 21.7 Å². The van der Waals surface area contributed by atoms with Crippen molar-refractivity contribution in [1.82, 2.24) is 15.1 Å². The van der Waals surface area contributed by atoms with E-state index < -0.39 is 0 Å². The SMILES string of the molecule is CCc1ccc(OCc2cc(/C=C3/NC(=S)N(c4cn(C)nc4C)C3=O)ccc2OC)cc1. The lowest BCUT2D eigenvalue weighted by atomic mass is 10.1. The monoisotopic (exact) mass is 462 g/mol. The molecule has 1 N–H and O–H groups in total. The Morgan fingerprint density at radius 1 is 1.18 bits per heavy atom. The highest BCUT2D eigenvalue weighted by Gasteiger charge is 2.33. The van der Waals surface area contributed by atoms with Crippen molar-refractivity contribution in [3.63, 3.8) is 0 Å². The number of thiocarbonyl (C=S) groups is 1. The van der Waals surface area contributed by atoms with Gasteiger partial charge in [-0.2, -0.15) is 5.10 Å². The number of rotatable bonds is 7. The van der Waals surface area contributed by atoms with E-state index in [1.54, 1.807) is 24.1 Å². The van der Waals surface area contributed by atoms with Gasteiger partial charge >= 0.3 is 0 Å². The number of hydrogen-bond donors (Lipinski definition) is 1. The van der Waals surface area contributed by atoms with E-state index in [1.807, 2.05) is 44.3 Å². The second-order valence-electron chi connectivity index (χ2n) is 7.76. The molecular formula is C25H26N4O3S. The van der Waals surface area contributed by atoms with Crippen molar-refractivity contribution in [1.29, 1.82) is 0 Å². The number of methoxy groups -OCH3 is 1. The molecule has 2 heterocycles. The number of amides is 1. The Morgan fingerprint density at radius 3 is 2.58 bits per heavy atom. The van der Waals surface area contributed by atoms with Crippen molar-refractivity contribution in [3.8, 4) is 11.5 Å². The normalized spacial score (nSPS) is 14.7. The molecule has 1 aliphatic rings. The van der Waals surface area contributed by atoms with Crippen LogP contribution in [0.25, 0.3) is 6.08 Å². The minimum absolute atomic E-state index is 0.222. The first kappa shape index (κ1) is 22.5. The molecular weight excluding hydrogens is 436 g/mol. The number of benzene rings is 2. The molecule has 0 radical (unpaired) electrons. The maximum Gasteiger partial charge on any atom is 0.281 e. The molecule has 33 heavy (non-hydrogen) atoms. The molecule has 0 saturated carbocycles. The van der Waals surface area contributed by atoms with Gasteiger partial charge in [0, 0.05) is 18.8 Å². The minimum Gasteiger partial charge on any atom is -0.496 e. The summed E-state index contributed by atoms with van der Waals surface area (Å²) in [5.41, 5.74) is 4.76. The summed E-state index contributed by atoms with van der Waals surface area (Å²) < 4.78 is 13.1. The largest absolute Gasteiger partial charge is 0.496 e. The van der Waals surface area contributed by atoms with Crippen LogP contribution in [0, 0.1) is 6.92 Å². The molecule has 2 aromatic carbocycles. The number of aryl methyl sites for hydroxylation is 3.